The molecule has 2 atom stereocenters. The van der Waals surface area contributed by atoms with E-state index in [1.165, 1.54) is 32.1 Å². The molecule has 0 aromatic heterocycles. The lowest BCUT2D eigenvalue weighted by atomic mass is 10.0. The Morgan fingerprint density at radius 2 is 1.96 bits per heavy atom. The van der Waals surface area contributed by atoms with Gasteiger partial charge >= 0.3 is 0 Å². The molecule has 0 radical (unpaired) electrons. The van der Waals surface area contributed by atoms with Crippen molar-refractivity contribution >= 4 is 23.5 Å². The Labute approximate surface area is 142 Å². The standard InChI is InChI=1S/C18H23N3OS/c19-12-16-11-14(18(22)20-15-7-3-1-4-8-15)13-21(16)23-17-9-5-2-6-10-17/h1,3-4,7-8,14,16-17H,2,5-6,9-11,13H2,(H,20,22). The summed E-state index contributed by atoms with van der Waals surface area (Å²) in [5.41, 5.74) is 0.824. The highest BCUT2D eigenvalue weighted by Gasteiger charge is 2.38. The van der Waals surface area contributed by atoms with Crippen LogP contribution < -0.4 is 5.32 Å². The third-order valence-electron chi connectivity index (χ3n) is 4.65. The molecule has 23 heavy (non-hydrogen) atoms. The zero-order valence-electron chi connectivity index (χ0n) is 13.3. The average molecular weight is 329 g/mol. The summed E-state index contributed by atoms with van der Waals surface area (Å²) in [7, 11) is 0. The number of amides is 1. The highest BCUT2D eigenvalue weighted by molar-refractivity contribution is 7.97. The van der Waals surface area contributed by atoms with Gasteiger partial charge in [0.1, 0.15) is 6.04 Å². The van der Waals surface area contributed by atoms with Crippen molar-refractivity contribution in [3.05, 3.63) is 30.3 Å². The van der Waals surface area contributed by atoms with Gasteiger partial charge < -0.3 is 5.32 Å². The van der Waals surface area contributed by atoms with E-state index in [4.69, 9.17) is 0 Å². The van der Waals surface area contributed by atoms with E-state index in [1.54, 1.807) is 0 Å². The quantitative estimate of drug-likeness (QED) is 0.853. The van der Waals surface area contributed by atoms with E-state index in [2.05, 4.69) is 15.7 Å². The van der Waals surface area contributed by atoms with Crippen LogP contribution in [0.15, 0.2) is 30.3 Å². The summed E-state index contributed by atoms with van der Waals surface area (Å²) >= 11 is 1.82. The Balaban J connectivity index is 1.57. The minimum atomic E-state index is -0.145. The topological polar surface area (TPSA) is 56.1 Å². The van der Waals surface area contributed by atoms with Crippen molar-refractivity contribution in [3.63, 3.8) is 0 Å². The van der Waals surface area contributed by atoms with Gasteiger partial charge in [-0.2, -0.15) is 5.26 Å². The smallest absolute Gasteiger partial charge is 0.228 e. The largest absolute Gasteiger partial charge is 0.326 e. The molecule has 2 unspecified atom stereocenters. The molecule has 2 aliphatic rings. The number of para-hydroxylation sites is 1. The number of benzene rings is 1. The number of hydrogen-bond acceptors (Lipinski definition) is 4. The zero-order valence-corrected chi connectivity index (χ0v) is 14.1. The Hall–Kier alpha value is -1.51. The molecule has 2 fully saturated rings. The average Bonchev–Trinajstić information content (AvgIpc) is 3.00. The van der Waals surface area contributed by atoms with Crippen LogP contribution in [0.2, 0.25) is 0 Å². The molecule has 1 saturated heterocycles. The van der Waals surface area contributed by atoms with E-state index in [1.807, 2.05) is 42.3 Å². The molecule has 1 aliphatic carbocycles. The SMILES string of the molecule is N#CC1CC(C(=O)Nc2ccccc2)CN1SC1CCCCC1. The van der Waals surface area contributed by atoms with Crippen LogP contribution in [0.1, 0.15) is 38.5 Å². The molecule has 1 aromatic rings. The molecule has 1 heterocycles. The molecule has 1 N–H and O–H groups in total. The van der Waals surface area contributed by atoms with Crippen LogP contribution in [0, 0.1) is 17.2 Å². The van der Waals surface area contributed by atoms with Gasteiger partial charge in [-0.15, -0.1) is 0 Å². The van der Waals surface area contributed by atoms with Crippen LogP contribution in [-0.2, 0) is 4.79 Å². The maximum atomic E-state index is 12.5. The number of nitrogens with zero attached hydrogens (tertiary/aromatic N) is 2. The second-order valence-electron chi connectivity index (χ2n) is 6.40. The van der Waals surface area contributed by atoms with Gasteiger partial charge in [0.2, 0.25) is 5.91 Å². The van der Waals surface area contributed by atoms with Gasteiger partial charge in [-0.25, -0.2) is 4.31 Å². The lowest BCUT2D eigenvalue weighted by Gasteiger charge is -2.27. The summed E-state index contributed by atoms with van der Waals surface area (Å²) in [6.07, 6.45) is 7.03. The van der Waals surface area contributed by atoms with Crippen LogP contribution in [0.5, 0.6) is 0 Å². The van der Waals surface area contributed by atoms with Gasteiger partial charge in [-0.1, -0.05) is 49.4 Å². The number of nitriles is 1. The van der Waals surface area contributed by atoms with Crippen molar-refractivity contribution in [2.75, 3.05) is 11.9 Å². The number of rotatable bonds is 4. The summed E-state index contributed by atoms with van der Waals surface area (Å²) in [6, 6.07) is 11.8. The van der Waals surface area contributed by atoms with Crippen LogP contribution >= 0.6 is 11.9 Å². The van der Waals surface area contributed by atoms with Crippen molar-refractivity contribution in [2.24, 2.45) is 5.92 Å². The third kappa shape index (κ3) is 4.27. The van der Waals surface area contributed by atoms with Crippen LogP contribution in [0.25, 0.3) is 0 Å². The first kappa shape index (κ1) is 16.4. The fourth-order valence-electron chi connectivity index (χ4n) is 3.36. The number of hydrogen-bond donors (Lipinski definition) is 1. The lowest BCUT2D eigenvalue weighted by Crippen LogP contribution is -2.27. The monoisotopic (exact) mass is 329 g/mol. The minimum Gasteiger partial charge on any atom is -0.326 e. The van der Waals surface area contributed by atoms with Crippen molar-refractivity contribution in [2.45, 2.75) is 49.8 Å². The van der Waals surface area contributed by atoms with Gasteiger partial charge in [-0.3, -0.25) is 4.79 Å². The van der Waals surface area contributed by atoms with E-state index in [-0.39, 0.29) is 17.9 Å². The first-order valence-electron chi connectivity index (χ1n) is 8.45. The second-order valence-corrected chi connectivity index (χ2v) is 7.74. The summed E-state index contributed by atoms with van der Waals surface area (Å²) < 4.78 is 2.16. The fraction of sp³-hybridized carbons (Fsp3) is 0.556. The van der Waals surface area contributed by atoms with E-state index in [0.29, 0.717) is 18.2 Å². The number of anilines is 1. The van der Waals surface area contributed by atoms with Crippen molar-refractivity contribution in [3.8, 4) is 6.07 Å². The van der Waals surface area contributed by atoms with Crippen molar-refractivity contribution in [1.29, 1.82) is 5.26 Å². The molecule has 5 heteroatoms. The molecular weight excluding hydrogens is 306 g/mol. The highest BCUT2D eigenvalue weighted by Crippen LogP contribution is 2.37. The molecule has 1 aromatic carbocycles. The molecule has 0 spiro atoms. The molecular formula is C18H23N3OS. The predicted molar refractivity (Wildman–Crippen MR) is 93.7 cm³/mol. The molecule has 4 nitrogen and oxygen atoms in total. The Bertz CT molecular complexity index is 565. The number of carbonyl (C=O) groups excluding carboxylic acids is 1. The molecule has 1 amide bonds. The van der Waals surface area contributed by atoms with Gasteiger partial charge in [0.15, 0.2) is 0 Å². The summed E-state index contributed by atoms with van der Waals surface area (Å²) in [5, 5.41) is 13.0. The zero-order chi connectivity index (χ0) is 16.1. The van der Waals surface area contributed by atoms with Crippen molar-refractivity contribution in [1.82, 2.24) is 4.31 Å². The normalized spacial score (nSPS) is 25.9. The van der Waals surface area contributed by atoms with E-state index in [9.17, 15) is 10.1 Å². The summed E-state index contributed by atoms with van der Waals surface area (Å²) in [6.45, 7) is 0.679. The van der Waals surface area contributed by atoms with Gasteiger partial charge in [0, 0.05) is 17.5 Å². The van der Waals surface area contributed by atoms with E-state index in [0.717, 1.165) is 5.69 Å². The van der Waals surface area contributed by atoms with Gasteiger partial charge in [-0.05, 0) is 31.4 Å². The Kier molecular flexibility index (Phi) is 5.58. The Morgan fingerprint density at radius 3 is 2.65 bits per heavy atom. The maximum absolute atomic E-state index is 12.5. The van der Waals surface area contributed by atoms with Gasteiger partial charge in [0.05, 0.1) is 12.0 Å². The van der Waals surface area contributed by atoms with Crippen LogP contribution in [0.3, 0.4) is 0 Å². The molecule has 1 aliphatic heterocycles. The first-order valence-corrected chi connectivity index (χ1v) is 9.29. The second kappa shape index (κ2) is 7.85. The number of carbonyl (C=O) groups is 1. The minimum absolute atomic E-state index is 0.0307. The fourth-order valence-corrected chi connectivity index (χ4v) is 4.83. The maximum Gasteiger partial charge on any atom is 0.228 e. The molecule has 122 valence electrons. The first-order chi connectivity index (χ1) is 11.3. The molecule has 0 bridgehead atoms. The number of nitrogens with one attached hydrogen (secondary N) is 1. The van der Waals surface area contributed by atoms with Crippen molar-refractivity contribution < 1.29 is 4.79 Å². The lowest BCUT2D eigenvalue weighted by molar-refractivity contribution is -0.119. The predicted octanol–water partition coefficient (Wildman–Crippen LogP) is 3.82. The van der Waals surface area contributed by atoms with Gasteiger partial charge in [0.25, 0.3) is 0 Å². The Morgan fingerprint density at radius 1 is 1.22 bits per heavy atom. The van der Waals surface area contributed by atoms with E-state index < -0.39 is 0 Å². The van der Waals surface area contributed by atoms with Crippen LogP contribution in [0.4, 0.5) is 5.69 Å². The molecule has 1 saturated carbocycles. The highest BCUT2D eigenvalue weighted by atomic mass is 32.2. The summed E-state index contributed by atoms with van der Waals surface area (Å²) in [5.74, 6) is -0.0702. The van der Waals surface area contributed by atoms with E-state index >= 15 is 0 Å². The van der Waals surface area contributed by atoms with Crippen LogP contribution in [-0.4, -0.2) is 28.0 Å². The molecule has 3 rings (SSSR count). The third-order valence-corrected chi connectivity index (χ3v) is 6.10. The summed E-state index contributed by atoms with van der Waals surface area (Å²) in [4.78, 5) is 12.5.